The standard InChI is InChI=1S/C16H24N2O2/c1-17-9-8-14(11-17)12-18(2)10-13-4-6-15(7-5-13)16(19)20-3/h4-7,14H,8-12H2,1-3H3. The zero-order valence-corrected chi connectivity index (χ0v) is 12.6. The Bertz CT molecular complexity index is 444. The van der Waals surface area contributed by atoms with Gasteiger partial charge in [-0.2, -0.15) is 0 Å². The minimum atomic E-state index is -0.279. The van der Waals surface area contributed by atoms with Crippen LogP contribution in [0.4, 0.5) is 0 Å². The third-order valence-corrected chi connectivity index (χ3v) is 3.89. The van der Waals surface area contributed by atoms with Gasteiger partial charge in [0.15, 0.2) is 0 Å². The van der Waals surface area contributed by atoms with Crippen molar-refractivity contribution in [3.8, 4) is 0 Å². The lowest BCUT2D eigenvalue weighted by molar-refractivity contribution is 0.0600. The number of carbonyl (C=O) groups is 1. The topological polar surface area (TPSA) is 32.8 Å². The lowest BCUT2D eigenvalue weighted by Crippen LogP contribution is -2.27. The molecule has 0 aliphatic carbocycles. The summed E-state index contributed by atoms with van der Waals surface area (Å²) in [5.41, 5.74) is 1.84. The number of hydrogen-bond acceptors (Lipinski definition) is 4. The molecule has 1 aliphatic heterocycles. The number of methoxy groups -OCH3 is 1. The quantitative estimate of drug-likeness (QED) is 0.769. The van der Waals surface area contributed by atoms with E-state index in [-0.39, 0.29) is 5.97 Å². The van der Waals surface area contributed by atoms with E-state index in [9.17, 15) is 4.79 Å². The molecule has 0 amide bonds. The molecule has 4 nitrogen and oxygen atoms in total. The van der Waals surface area contributed by atoms with Gasteiger partial charge in [0.25, 0.3) is 0 Å². The molecule has 4 heteroatoms. The van der Waals surface area contributed by atoms with Gasteiger partial charge in [0, 0.05) is 19.6 Å². The average molecular weight is 276 g/mol. The van der Waals surface area contributed by atoms with E-state index < -0.39 is 0 Å². The maximum absolute atomic E-state index is 11.4. The molecule has 1 aromatic rings. The number of benzene rings is 1. The van der Waals surface area contributed by atoms with Crippen LogP contribution in [0.3, 0.4) is 0 Å². The lowest BCUT2D eigenvalue weighted by atomic mass is 10.1. The van der Waals surface area contributed by atoms with E-state index in [0.717, 1.165) is 19.0 Å². The Hall–Kier alpha value is -1.39. The molecule has 1 atom stereocenters. The molecule has 0 spiro atoms. The molecule has 20 heavy (non-hydrogen) atoms. The summed E-state index contributed by atoms with van der Waals surface area (Å²) in [6.07, 6.45) is 1.29. The summed E-state index contributed by atoms with van der Waals surface area (Å²) >= 11 is 0. The van der Waals surface area contributed by atoms with Crippen molar-refractivity contribution >= 4 is 5.97 Å². The minimum absolute atomic E-state index is 0.279. The minimum Gasteiger partial charge on any atom is -0.465 e. The highest BCUT2D eigenvalue weighted by Crippen LogP contribution is 2.16. The molecule has 0 aromatic heterocycles. The van der Waals surface area contributed by atoms with E-state index in [1.807, 2.05) is 24.3 Å². The average Bonchev–Trinajstić information content (AvgIpc) is 2.84. The van der Waals surface area contributed by atoms with Crippen LogP contribution in [-0.2, 0) is 11.3 Å². The number of likely N-dealkylation sites (tertiary alicyclic amines) is 1. The first-order chi connectivity index (χ1) is 9.58. The number of ether oxygens (including phenoxy) is 1. The van der Waals surface area contributed by atoms with Crippen molar-refractivity contribution in [3.05, 3.63) is 35.4 Å². The van der Waals surface area contributed by atoms with Crippen molar-refractivity contribution in [2.75, 3.05) is 40.8 Å². The maximum atomic E-state index is 11.4. The molecule has 1 unspecified atom stereocenters. The SMILES string of the molecule is COC(=O)c1ccc(CN(C)CC2CCN(C)C2)cc1. The van der Waals surface area contributed by atoms with Crippen molar-refractivity contribution in [2.24, 2.45) is 5.92 Å². The largest absolute Gasteiger partial charge is 0.465 e. The number of hydrogen-bond donors (Lipinski definition) is 0. The van der Waals surface area contributed by atoms with Crippen LogP contribution in [0.5, 0.6) is 0 Å². The van der Waals surface area contributed by atoms with Gasteiger partial charge in [-0.05, 0) is 50.7 Å². The van der Waals surface area contributed by atoms with E-state index in [0.29, 0.717) is 5.56 Å². The smallest absolute Gasteiger partial charge is 0.337 e. The van der Waals surface area contributed by atoms with Crippen LogP contribution in [0.2, 0.25) is 0 Å². The van der Waals surface area contributed by atoms with Gasteiger partial charge in [0.05, 0.1) is 12.7 Å². The predicted molar refractivity (Wildman–Crippen MR) is 79.7 cm³/mol. The summed E-state index contributed by atoms with van der Waals surface area (Å²) in [6.45, 7) is 4.46. The second kappa shape index (κ2) is 6.86. The van der Waals surface area contributed by atoms with E-state index in [2.05, 4.69) is 23.9 Å². The lowest BCUT2D eigenvalue weighted by Gasteiger charge is -2.21. The molecular formula is C16H24N2O2. The molecule has 1 aliphatic rings. The van der Waals surface area contributed by atoms with Gasteiger partial charge in [0.1, 0.15) is 0 Å². The number of esters is 1. The van der Waals surface area contributed by atoms with Crippen LogP contribution in [0.1, 0.15) is 22.3 Å². The first-order valence-corrected chi connectivity index (χ1v) is 7.13. The third-order valence-electron chi connectivity index (χ3n) is 3.89. The Morgan fingerprint density at radius 2 is 2.10 bits per heavy atom. The van der Waals surface area contributed by atoms with E-state index >= 15 is 0 Å². The number of rotatable bonds is 5. The molecule has 0 radical (unpaired) electrons. The molecule has 1 aromatic carbocycles. The molecule has 0 N–H and O–H groups in total. The summed E-state index contributed by atoms with van der Waals surface area (Å²) < 4.78 is 4.70. The van der Waals surface area contributed by atoms with E-state index in [1.54, 1.807) is 0 Å². The van der Waals surface area contributed by atoms with Crippen LogP contribution >= 0.6 is 0 Å². The van der Waals surface area contributed by atoms with E-state index in [1.165, 1.54) is 32.2 Å². The molecule has 2 rings (SSSR count). The predicted octanol–water partition coefficient (Wildman–Crippen LogP) is 1.86. The third kappa shape index (κ3) is 4.05. The monoisotopic (exact) mass is 276 g/mol. The fraction of sp³-hybridized carbons (Fsp3) is 0.562. The molecule has 1 fully saturated rings. The van der Waals surface area contributed by atoms with Gasteiger partial charge >= 0.3 is 5.97 Å². The van der Waals surface area contributed by atoms with Crippen LogP contribution in [0, 0.1) is 5.92 Å². The first kappa shape index (κ1) is 15.0. The molecule has 0 saturated carbocycles. The molecule has 1 heterocycles. The van der Waals surface area contributed by atoms with Crippen molar-refractivity contribution in [1.82, 2.24) is 9.80 Å². The van der Waals surface area contributed by atoms with Crippen LogP contribution in [0.15, 0.2) is 24.3 Å². The van der Waals surface area contributed by atoms with Gasteiger partial charge in [-0.3, -0.25) is 0 Å². The summed E-state index contributed by atoms with van der Waals surface area (Å²) in [4.78, 5) is 16.1. The fourth-order valence-electron chi connectivity index (χ4n) is 2.86. The second-order valence-corrected chi connectivity index (χ2v) is 5.80. The van der Waals surface area contributed by atoms with Gasteiger partial charge in [-0.1, -0.05) is 12.1 Å². The van der Waals surface area contributed by atoms with Crippen LogP contribution < -0.4 is 0 Å². The number of carbonyl (C=O) groups excluding carboxylic acids is 1. The Balaban J connectivity index is 1.84. The molecular weight excluding hydrogens is 252 g/mol. The van der Waals surface area contributed by atoms with Crippen molar-refractivity contribution < 1.29 is 9.53 Å². The van der Waals surface area contributed by atoms with Gasteiger partial charge in [-0.15, -0.1) is 0 Å². The van der Waals surface area contributed by atoms with Crippen LogP contribution in [-0.4, -0.2) is 56.6 Å². The fourth-order valence-corrected chi connectivity index (χ4v) is 2.86. The van der Waals surface area contributed by atoms with Crippen molar-refractivity contribution in [1.29, 1.82) is 0 Å². The van der Waals surface area contributed by atoms with Gasteiger partial charge < -0.3 is 14.5 Å². The van der Waals surface area contributed by atoms with Gasteiger partial charge in [0.2, 0.25) is 0 Å². The summed E-state index contributed by atoms with van der Waals surface area (Å²) in [5, 5.41) is 0. The van der Waals surface area contributed by atoms with Gasteiger partial charge in [-0.25, -0.2) is 4.79 Å². The Labute approximate surface area is 121 Å². The highest BCUT2D eigenvalue weighted by molar-refractivity contribution is 5.89. The highest BCUT2D eigenvalue weighted by atomic mass is 16.5. The summed E-state index contributed by atoms with van der Waals surface area (Å²) in [6, 6.07) is 7.67. The highest BCUT2D eigenvalue weighted by Gasteiger charge is 2.20. The first-order valence-electron chi connectivity index (χ1n) is 7.13. The normalized spacial score (nSPS) is 19.5. The number of nitrogens with zero attached hydrogens (tertiary/aromatic N) is 2. The molecule has 1 saturated heterocycles. The Morgan fingerprint density at radius 3 is 2.65 bits per heavy atom. The van der Waals surface area contributed by atoms with Crippen molar-refractivity contribution in [3.63, 3.8) is 0 Å². The van der Waals surface area contributed by atoms with Crippen LogP contribution in [0.25, 0.3) is 0 Å². The molecule has 0 bridgehead atoms. The maximum Gasteiger partial charge on any atom is 0.337 e. The Kier molecular flexibility index (Phi) is 5.15. The molecule has 110 valence electrons. The second-order valence-electron chi connectivity index (χ2n) is 5.80. The summed E-state index contributed by atoms with van der Waals surface area (Å²) in [7, 11) is 5.75. The zero-order valence-electron chi connectivity index (χ0n) is 12.6. The zero-order chi connectivity index (χ0) is 14.5. The summed E-state index contributed by atoms with van der Waals surface area (Å²) in [5.74, 6) is 0.498. The van der Waals surface area contributed by atoms with E-state index in [4.69, 9.17) is 4.74 Å². The van der Waals surface area contributed by atoms with Crippen molar-refractivity contribution in [2.45, 2.75) is 13.0 Å². The Morgan fingerprint density at radius 1 is 1.40 bits per heavy atom.